The van der Waals surface area contributed by atoms with Crippen LogP contribution in [0.2, 0.25) is 5.02 Å². The third-order valence-electron chi connectivity index (χ3n) is 3.69. The van der Waals surface area contributed by atoms with Gasteiger partial charge >= 0.3 is 5.97 Å². The van der Waals surface area contributed by atoms with Gasteiger partial charge in [0.15, 0.2) is 0 Å². The molecule has 6 heteroatoms. The number of hydrogen-bond donors (Lipinski definition) is 1. The molecule has 0 aliphatic carbocycles. The van der Waals surface area contributed by atoms with E-state index in [9.17, 15) is 9.59 Å². The van der Waals surface area contributed by atoms with Crippen molar-refractivity contribution in [1.29, 1.82) is 0 Å². The highest BCUT2D eigenvalue weighted by Crippen LogP contribution is 2.25. The van der Waals surface area contributed by atoms with E-state index in [4.69, 9.17) is 16.3 Å². The van der Waals surface area contributed by atoms with Gasteiger partial charge in [0, 0.05) is 31.1 Å². The largest absolute Gasteiger partial charge is 0.465 e. The highest BCUT2D eigenvalue weighted by Gasteiger charge is 2.22. The van der Waals surface area contributed by atoms with Gasteiger partial charge in [0.1, 0.15) is 0 Å². The maximum Gasteiger partial charge on any atom is 0.339 e. The van der Waals surface area contributed by atoms with E-state index in [-0.39, 0.29) is 11.9 Å². The molecule has 0 aromatic heterocycles. The molecule has 1 saturated heterocycles. The molecule has 0 bridgehead atoms. The second-order valence-electron chi connectivity index (χ2n) is 5.11. The van der Waals surface area contributed by atoms with Gasteiger partial charge in [0.25, 0.3) is 0 Å². The van der Waals surface area contributed by atoms with Crippen molar-refractivity contribution < 1.29 is 14.3 Å². The zero-order chi connectivity index (χ0) is 15.4. The SMILES string of the molecule is COC(=O)c1ccc(Cl)cc1NC1CCN(C(C)=O)CC1. The number of rotatable bonds is 3. The van der Waals surface area contributed by atoms with Crippen LogP contribution >= 0.6 is 11.6 Å². The number of carbonyl (C=O) groups is 2. The van der Waals surface area contributed by atoms with Gasteiger partial charge in [-0.25, -0.2) is 4.79 Å². The lowest BCUT2D eigenvalue weighted by atomic mass is 10.0. The van der Waals surface area contributed by atoms with Crippen LogP contribution in [0.15, 0.2) is 18.2 Å². The van der Waals surface area contributed by atoms with Crippen LogP contribution in [-0.2, 0) is 9.53 Å². The van der Waals surface area contributed by atoms with Crippen molar-refractivity contribution in [3.05, 3.63) is 28.8 Å². The van der Waals surface area contributed by atoms with Gasteiger partial charge in [-0.05, 0) is 31.0 Å². The number of hydrogen-bond acceptors (Lipinski definition) is 4. The number of anilines is 1. The molecule has 0 radical (unpaired) electrons. The summed E-state index contributed by atoms with van der Waals surface area (Å²) in [5.41, 5.74) is 1.14. The average molecular weight is 311 g/mol. The lowest BCUT2D eigenvalue weighted by Crippen LogP contribution is -2.41. The van der Waals surface area contributed by atoms with Gasteiger partial charge in [0.05, 0.1) is 18.4 Å². The van der Waals surface area contributed by atoms with E-state index in [1.165, 1.54) is 7.11 Å². The maximum atomic E-state index is 11.8. The molecule has 114 valence electrons. The summed E-state index contributed by atoms with van der Waals surface area (Å²) in [6.07, 6.45) is 1.68. The molecular weight excluding hydrogens is 292 g/mol. The number of benzene rings is 1. The molecule has 0 spiro atoms. The second-order valence-corrected chi connectivity index (χ2v) is 5.54. The van der Waals surface area contributed by atoms with Crippen molar-refractivity contribution in [2.45, 2.75) is 25.8 Å². The average Bonchev–Trinajstić information content (AvgIpc) is 2.47. The zero-order valence-electron chi connectivity index (χ0n) is 12.2. The molecule has 5 nitrogen and oxygen atoms in total. The van der Waals surface area contributed by atoms with Crippen molar-refractivity contribution in [1.82, 2.24) is 4.90 Å². The molecular formula is C15H19ClN2O3. The van der Waals surface area contributed by atoms with Crippen molar-refractivity contribution in [3.8, 4) is 0 Å². The molecule has 1 aromatic carbocycles. The summed E-state index contributed by atoms with van der Waals surface area (Å²) in [5.74, 6) is -0.290. The predicted molar refractivity (Wildman–Crippen MR) is 81.7 cm³/mol. The summed E-state index contributed by atoms with van der Waals surface area (Å²) in [7, 11) is 1.35. The van der Waals surface area contributed by atoms with Crippen molar-refractivity contribution >= 4 is 29.2 Å². The summed E-state index contributed by atoms with van der Waals surface area (Å²) < 4.78 is 4.78. The van der Waals surface area contributed by atoms with Gasteiger partial charge in [-0.2, -0.15) is 0 Å². The molecule has 1 fully saturated rings. The van der Waals surface area contributed by atoms with Crippen LogP contribution in [0.4, 0.5) is 5.69 Å². The summed E-state index contributed by atoms with van der Waals surface area (Å²) in [4.78, 5) is 24.9. The van der Waals surface area contributed by atoms with Gasteiger partial charge in [-0.1, -0.05) is 11.6 Å². The van der Waals surface area contributed by atoms with Gasteiger partial charge in [0.2, 0.25) is 5.91 Å². The van der Waals surface area contributed by atoms with E-state index >= 15 is 0 Å². The number of carbonyl (C=O) groups excluding carboxylic acids is 2. The van der Waals surface area contributed by atoms with Crippen LogP contribution in [0.5, 0.6) is 0 Å². The summed E-state index contributed by atoms with van der Waals surface area (Å²) in [6.45, 7) is 3.03. The molecule has 1 aliphatic heterocycles. The number of likely N-dealkylation sites (tertiary alicyclic amines) is 1. The Hall–Kier alpha value is -1.75. The Kier molecular flexibility index (Phi) is 5.07. The molecule has 1 aliphatic rings. The molecule has 0 atom stereocenters. The van der Waals surface area contributed by atoms with E-state index in [1.54, 1.807) is 25.1 Å². The number of amides is 1. The quantitative estimate of drug-likeness (QED) is 0.872. The first kappa shape index (κ1) is 15.6. The fourth-order valence-corrected chi connectivity index (χ4v) is 2.65. The molecule has 0 saturated carbocycles. The summed E-state index contributed by atoms with van der Waals surface area (Å²) >= 11 is 6.00. The molecule has 1 amide bonds. The topological polar surface area (TPSA) is 58.6 Å². The van der Waals surface area contributed by atoms with Gasteiger partial charge in [-0.3, -0.25) is 4.79 Å². The number of halogens is 1. The Morgan fingerprint density at radius 2 is 2.00 bits per heavy atom. The van der Waals surface area contributed by atoms with Gasteiger partial charge in [-0.15, -0.1) is 0 Å². The second kappa shape index (κ2) is 6.80. The Labute approximate surface area is 129 Å². The monoisotopic (exact) mass is 310 g/mol. The molecule has 2 rings (SSSR count). The number of nitrogens with one attached hydrogen (secondary N) is 1. The molecule has 1 heterocycles. The van der Waals surface area contributed by atoms with Crippen LogP contribution in [0.1, 0.15) is 30.1 Å². The van der Waals surface area contributed by atoms with E-state index in [2.05, 4.69) is 5.32 Å². The Morgan fingerprint density at radius 1 is 1.33 bits per heavy atom. The summed E-state index contributed by atoms with van der Waals surface area (Å²) in [6, 6.07) is 5.26. The number of nitrogens with zero attached hydrogens (tertiary/aromatic N) is 1. The van der Waals surface area contributed by atoms with Crippen molar-refractivity contribution in [2.24, 2.45) is 0 Å². The lowest BCUT2D eigenvalue weighted by molar-refractivity contribution is -0.129. The smallest absolute Gasteiger partial charge is 0.339 e. The van der Waals surface area contributed by atoms with E-state index in [0.29, 0.717) is 16.3 Å². The Balaban J connectivity index is 2.08. The Morgan fingerprint density at radius 3 is 2.57 bits per heavy atom. The maximum absolute atomic E-state index is 11.8. The minimum atomic E-state index is -0.393. The predicted octanol–water partition coefficient (Wildman–Crippen LogP) is 2.55. The fraction of sp³-hybridized carbons (Fsp3) is 0.467. The van der Waals surface area contributed by atoms with E-state index in [0.717, 1.165) is 25.9 Å². The standard InChI is InChI=1S/C15H19ClN2O3/c1-10(19)18-7-5-12(6-8-18)17-14-9-11(16)3-4-13(14)15(20)21-2/h3-4,9,12,17H,5-8H2,1-2H3. The van der Waals surface area contributed by atoms with Crippen LogP contribution in [-0.4, -0.2) is 43.0 Å². The number of piperidine rings is 1. The van der Waals surface area contributed by atoms with E-state index < -0.39 is 5.97 Å². The molecule has 21 heavy (non-hydrogen) atoms. The third-order valence-corrected chi connectivity index (χ3v) is 3.92. The third kappa shape index (κ3) is 3.88. The first-order valence-corrected chi connectivity index (χ1v) is 7.29. The molecule has 0 unspecified atom stereocenters. The van der Waals surface area contributed by atoms with Crippen LogP contribution < -0.4 is 5.32 Å². The van der Waals surface area contributed by atoms with Crippen molar-refractivity contribution in [2.75, 3.05) is 25.5 Å². The fourth-order valence-electron chi connectivity index (χ4n) is 2.48. The first-order valence-electron chi connectivity index (χ1n) is 6.91. The minimum Gasteiger partial charge on any atom is -0.465 e. The number of methoxy groups -OCH3 is 1. The zero-order valence-corrected chi connectivity index (χ0v) is 12.9. The normalized spacial score (nSPS) is 15.7. The lowest BCUT2D eigenvalue weighted by Gasteiger charge is -2.32. The van der Waals surface area contributed by atoms with E-state index in [1.807, 2.05) is 4.90 Å². The molecule has 1 aromatic rings. The first-order chi connectivity index (χ1) is 10.0. The van der Waals surface area contributed by atoms with Crippen LogP contribution in [0, 0.1) is 0 Å². The number of ether oxygens (including phenoxy) is 1. The summed E-state index contributed by atoms with van der Waals surface area (Å²) in [5, 5.41) is 3.90. The van der Waals surface area contributed by atoms with Crippen molar-refractivity contribution in [3.63, 3.8) is 0 Å². The molecule has 1 N–H and O–H groups in total. The van der Waals surface area contributed by atoms with Gasteiger partial charge < -0.3 is 15.0 Å². The number of esters is 1. The minimum absolute atomic E-state index is 0.103. The van der Waals surface area contributed by atoms with Crippen LogP contribution in [0.3, 0.4) is 0 Å². The highest BCUT2D eigenvalue weighted by atomic mass is 35.5. The van der Waals surface area contributed by atoms with Crippen LogP contribution in [0.25, 0.3) is 0 Å². The highest BCUT2D eigenvalue weighted by molar-refractivity contribution is 6.31. The Bertz CT molecular complexity index is 540.